The second-order valence-electron chi connectivity index (χ2n) is 7.47. The van der Waals surface area contributed by atoms with E-state index in [1.807, 2.05) is 17.0 Å². The van der Waals surface area contributed by atoms with Crippen LogP contribution in [-0.2, 0) is 11.3 Å². The summed E-state index contributed by atoms with van der Waals surface area (Å²) < 4.78 is 7.48. The van der Waals surface area contributed by atoms with Gasteiger partial charge in [-0.25, -0.2) is 4.98 Å². The molecular weight excluding hydrogens is 344 g/mol. The molecule has 2 unspecified atom stereocenters. The lowest BCUT2D eigenvalue weighted by Gasteiger charge is -2.39. The minimum absolute atomic E-state index is 0.00511. The molecule has 7 heteroatoms. The molecule has 7 nitrogen and oxygen atoms in total. The van der Waals surface area contributed by atoms with E-state index < -0.39 is 0 Å². The van der Waals surface area contributed by atoms with Crippen molar-refractivity contribution in [2.45, 2.75) is 64.3 Å². The quantitative estimate of drug-likeness (QED) is 0.823. The maximum atomic E-state index is 12.9. The fraction of sp³-hybridized carbons (Fsp3) is 0.500. The third kappa shape index (κ3) is 3.46. The maximum Gasteiger partial charge on any atom is 0.256 e. The van der Waals surface area contributed by atoms with Crippen LogP contribution in [0.3, 0.4) is 0 Å². The van der Waals surface area contributed by atoms with E-state index in [1.54, 1.807) is 26.2 Å². The highest BCUT2D eigenvalue weighted by molar-refractivity contribution is 5.77. The molecule has 142 valence electrons. The highest BCUT2D eigenvalue weighted by Gasteiger charge is 2.44. The lowest BCUT2D eigenvalue weighted by molar-refractivity contribution is -0.137. The topological polar surface area (TPSA) is 77.3 Å². The largest absolute Gasteiger partial charge is 0.489 e. The number of pyridine rings is 1. The summed E-state index contributed by atoms with van der Waals surface area (Å²) in [5.74, 6) is 0.768. The minimum atomic E-state index is -0.141. The van der Waals surface area contributed by atoms with Crippen molar-refractivity contribution in [3.05, 3.63) is 52.5 Å². The van der Waals surface area contributed by atoms with Crippen LogP contribution in [0.1, 0.15) is 36.9 Å². The van der Waals surface area contributed by atoms with Crippen molar-refractivity contribution in [1.82, 2.24) is 19.4 Å². The van der Waals surface area contributed by atoms with Gasteiger partial charge in [-0.05, 0) is 38.8 Å². The van der Waals surface area contributed by atoms with Gasteiger partial charge in [0.05, 0.1) is 12.5 Å². The van der Waals surface area contributed by atoms with Crippen molar-refractivity contribution in [3.8, 4) is 5.75 Å². The van der Waals surface area contributed by atoms with Gasteiger partial charge in [0, 0.05) is 42.4 Å². The summed E-state index contributed by atoms with van der Waals surface area (Å²) in [6.07, 6.45) is 8.63. The Balaban J connectivity index is 1.44. The standard InChI is InChI=1S/C20H24N4O3/c1-13-14(2)22-12-23(20(13)26)11-19(25)24-15-5-6-16(24)9-18(8-15)27-17-4-3-7-21-10-17/h3-4,7,10,12,15-16,18H,5-6,8-9,11H2,1-2H3. The van der Waals surface area contributed by atoms with Gasteiger partial charge in [-0.1, -0.05) is 0 Å². The Labute approximate surface area is 158 Å². The summed E-state index contributed by atoms with van der Waals surface area (Å²) >= 11 is 0. The predicted molar refractivity (Wildman–Crippen MR) is 99.5 cm³/mol. The zero-order valence-electron chi connectivity index (χ0n) is 15.7. The molecule has 2 aliphatic rings. The van der Waals surface area contributed by atoms with Crippen LogP contribution in [0.4, 0.5) is 0 Å². The van der Waals surface area contributed by atoms with E-state index in [0.29, 0.717) is 11.3 Å². The van der Waals surface area contributed by atoms with Crippen molar-refractivity contribution >= 4 is 5.91 Å². The summed E-state index contributed by atoms with van der Waals surface area (Å²) in [7, 11) is 0. The van der Waals surface area contributed by atoms with Crippen LogP contribution in [0.5, 0.6) is 5.75 Å². The number of carbonyl (C=O) groups excluding carboxylic acids is 1. The molecule has 0 aromatic carbocycles. The molecule has 2 saturated heterocycles. The first-order valence-corrected chi connectivity index (χ1v) is 9.43. The van der Waals surface area contributed by atoms with Gasteiger partial charge in [-0.3, -0.25) is 19.1 Å². The molecule has 0 aliphatic carbocycles. The molecule has 1 amide bonds. The molecule has 4 heterocycles. The van der Waals surface area contributed by atoms with Gasteiger partial charge in [0.15, 0.2) is 0 Å². The zero-order chi connectivity index (χ0) is 19.0. The lowest BCUT2D eigenvalue weighted by Crippen LogP contribution is -2.50. The molecule has 0 saturated carbocycles. The van der Waals surface area contributed by atoms with Crippen molar-refractivity contribution in [3.63, 3.8) is 0 Å². The van der Waals surface area contributed by atoms with Gasteiger partial charge in [-0.2, -0.15) is 0 Å². The van der Waals surface area contributed by atoms with E-state index in [1.165, 1.54) is 10.9 Å². The van der Waals surface area contributed by atoms with E-state index in [4.69, 9.17) is 4.74 Å². The SMILES string of the molecule is Cc1ncn(CC(=O)N2C3CCC2CC(Oc2cccnc2)C3)c(=O)c1C. The van der Waals surface area contributed by atoms with Crippen LogP contribution in [0, 0.1) is 13.8 Å². The third-order valence-corrected chi connectivity index (χ3v) is 5.74. The Hall–Kier alpha value is -2.70. The monoisotopic (exact) mass is 368 g/mol. The van der Waals surface area contributed by atoms with Crippen LogP contribution in [0.25, 0.3) is 0 Å². The van der Waals surface area contributed by atoms with Gasteiger partial charge in [0.1, 0.15) is 18.4 Å². The summed E-state index contributed by atoms with van der Waals surface area (Å²) in [4.78, 5) is 35.6. The van der Waals surface area contributed by atoms with Gasteiger partial charge >= 0.3 is 0 Å². The summed E-state index contributed by atoms with van der Waals surface area (Å²) in [6, 6.07) is 4.12. The van der Waals surface area contributed by atoms with Crippen molar-refractivity contribution in [2.24, 2.45) is 0 Å². The molecule has 2 aromatic rings. The molecule has 4 rings (SSSR count). The summed E-state index contributed by atoms with van der Waals surface area (Å²) in [6.45, 7) is 3.60. The molecule has 0 spiro atoms. The Morgan fingerprint density at radius 2 is 2.00 bits per heavy atom. The number of nitrogens with zero attached hydrogens (tertiary/aromatic N) is 4. The molecular formula is C20H24N4O3. The Kier molecular flexibility index (Phi) is 4.68. The molecule has 27 heavy (non-hydrogen) atoms. The van der Waals surface area contributed by atoms with Gasteiger partial charge in [0.25, 0.3) is 5.56 Å². The number of aryl methyl sites for hydroxylation is 1. The van der Waals surface area contributed by atoms with Gasteiger partial charge < -0.3 is 9.64 Å². The Morgan fingerprint density at radius 1 is 1.26 bits per heavy atom. The minimum Gasteiger partial charge on any atom is -0.489 e. The van der Waals surface area contributed by atoms with Crippen molar-refractivity contribution in [1.29, 1.82) is 0 Å². The summed E-state index contributed by atoms with van der Waals surface area (Å²) in [5, 5.41) is 0. The van der Waals surface area contributed by atoms with Crippen LogP contribution in [0.2, 0.25) is 0 Å². The molecule has 2 fully saturated rings. The van der Waals surface area contributed by atoms with Crippen LogP contribution in [0.15, 0.2) is 35.6 Å². The number of aromatic nitrogens is 3. The van der Waals surface area contributed by atoms with E-state index in [2.05, 4.69) is 9.97 Å². The Bertz CT molecular complexity index is 882. The van der Waals surface area contributed by atoms with Gasteiger partial charge in [-0.15, -0.1) is 0 Å². The number of carbonyl (C=O) groups is 1. The third-order valence-electron chi connectivity index (χ3n) is 5.74. The number of hydrogen-bond acceptors (Lipinski definition) is 5. The molecule has 0 N–H and O–H groups in total. The maximum absolute atomic E-state index is 12.9. The molecule has 2 aliphatic heterocycles. The second kappa shape index (κ2) is 7.13. The number of amides is 1. The average Bonchev–Trinajstić information content (AvgIpc) is 2.94. The first kappa shape index (κ1) is 17.7. The number of fused-ring (bicyclic) bond motifs is 2. The highest BCUT2D eigenvalue weighted by atomic mass is 16.5. The fourth-order valence-corrected chi connectivity index (χ4v) is 4.26. The van der Waals surface area contributed by atoms with Crippen molar-refractivity contribution in [2.75, 3.05) is 0 Å². The smallest absolute Gasteiger partial charge is 0.256 e. The van der Waals surface area contributed by atoms with Crippen molar-refractivity contribution < 1.29 is 9.53 Å². The number of hydrogen-bond donors (Lipinski definition) is 0. The molecule has 2 atom stereocenters. The van der Waals surface area contributed by atoms with Crippen LogP contribution in [-0.4, -0.2) is 43.5 Å². The van der Waals surface area contributed by atoms with E-state index >= 15 is 0 Å². The first-order valence-electron chi connectivity index (χ1n) is 9.43. The number of rotatable bonds is 4. The van der Waals surface area contributed by atoms with Crippen LogP contribution < -0.4 is 10.3 Å². The lowest BCUT2D eigenvalue weighted by atomic mass is 9.99. The molecule has 0 radical (unpaired) electrons. The normalized spacial score (nSPS) is 24.1. The predicted octanol–water partition coefficient (Wildman–Crippen LogP) is 1.86. The summed E-state index contributed by atoms with van der Waals surface area (Å²) in [5.41, 5.74) is 1.16. The molecule has 2 bridgehead atoms. The number of ether oxygens (including phenoxy) is 1. The van der Waals surface area contributed by atoms with E-state index in [9.17, 15) is 9.59 Å². The average molecular weight is 368 g/mol. The zero-order valence-corrected chi connectivity index (χ0v) is 15.7. The Morgan fingerprint density at radius 3 is 2.67 bits per heavy atom. The van der Waals surface area contributed by atoms with Gasteiger partial charge in [0.2, 0.25) is 5.91 Å². The number of piperidine rings is 1. The molecule has 2 aromatic heterocycles. The second-order valence-corrected chi connectivity index (χ2v) is 7.47. The van der Waals surface area contributed by atoms with Crippen LogP contribution >= 0.6 is 0 Å². The van der Waals surface area contributed by atoms with E-state index in [-0.39, 0.29) is 36.2 Å². The van der Waals surface area contributed by atoms with E-state index in [0.717, 1.165) is 31.4 Å². The highest BCUT2D eigenvalue weighted by Crippen LogP contribution is 2.37. The fourth-order valence-electron chi connectivity index (χ4n) is 4.26. The first-order chi connectivity index (χ1) is 13.0.